The highest BCUT2D eigenvalue weighted by atomic mass is 32.1. The summed E-state index contributed by atoms with van der Waals surface area (Å²) in [5.74, 6) is -0.185. The molecule has 3 heterocycles. The molecule has 0 atom stereocenters. The largest absolute Gasteiger partial charge is 0.322 e. The molecule has 0 aliphatic carbocycles. The molecule has 5 nitrogen and oxygen atoms in total. The molecule has 0 aliphatic rings. The van der Waals surface area contributed by atoms with Gasteiger partial charge in [0.15, 0.2) is 0 Å². The Balaban J connectivity index is 1.54. The van der Waals surface area contributed by atoms with Crippen LogP contribution in [0.4, 0.5) is 5.69 Å². The number of carbonyl (C=O) groups is 1. The van der Waals surface area contributed by atoms with Crippen LogP contribution in [0.2, 0.25) is 0 Å². The Hall–Kier alpha value is -3.90. The molecule has 30 heavy (non-hydrogen) atoms. The molecular weight excluding hydrogens is 392 g/mol. The van der Waals surface area contributed by atoms with E-state index in [0.29, 0.717) is 11.3 Å². The number of thiazole rings is 1. The third kappa shape index (κ3) is 3.56. The van der Waals surface area contributed by atoms with Crippen molar-refractivity contribution < 1.29 is 4.79 Å². The maximum absolute atomic E-state index is 13.2. The number of hydrogen-bond donors (Lipinski definition) is 1. The summed E-state index contributed by atoms with van der Waals surface area (Å²) in [5, 5.41) is 6.68. The lowest BCUT2D eigenvalue weighted by Gasteiger charge is -2.11. The monoisotopic (exact) mass is 408 g/mol. The van der Waals surface area contributed by atoms with E-state index in [4.69, 9.17) is 4.98 Å². The molecule has 0 fully saturated rings. The molecule has 1 N–H and O–H groups in total. The Morgan fingerprint density at radius 3 is 2.63 bits per heavy atom. The summed E-state index contributed by atoms with van der Waals surface area (Å²) < 4.78 is 0. The van der Waals surface area contributed by atoms with Crippen LogP contribution in [0, 0.1) is 0 Å². The number of pyridine rings is 2. The van der Waals surface area contributed by atoms with E-state index in [0.717, 1.165) is 32.7 Å². The maximum Gasteiger partial charge on any atom is 0.256 e. The highest BCUT2D eigenvalue weighted by Gasteiger charge is 2.15. The highest BCUT2D eigenvalue weighted by Crippen LogP contribution is 2.27. The van der Waals surface area contributed by atoms with Gasteiger partial charge in [-0.15, -0.1) is 11.3 Å². The van der Waals surface area contributed by atoms with Gasteiger partial charge in [-0.05, 0) is 36.4 Å². The van der Waals surface area contributed by atoms with E-state index in [1.807, 2.05) is 72.1 Å². The molecule has 0 spiro atoms. The second-order valence-electron chi connectivity index (χ2n) is 6.69. The summed E-state index contributed by atoms with van der Waals surface area (Å²) in [5.41, 5.74) is 4.60. The fourth-order valence-corrected chi connectivity index (χ4v) is 3.96. The van der Waals surface area contributed by atoms with Crippen molar-refractivity contribution in [2.75, 3.05) is 5.32 Å². The molecule has 6 heteroatoms. The Labute approximate surface area is 177 Å². The Kier molecular flexibility index (Phi) is 4.75. The van der Waals surface area contributed by atoms with Crippen molar-refractivity contribution in [1.82, 2.24) is 15.0 Å². The smallest absolute Gasteiger partial charge is 0.256 e. The normalized spacial score (nSPS) is 10.8. The maximum atomic E-state index is 13.2. The van der Waals surface area contributed by atoms with Crippen LogP contribution in [0.1, 0.15) is 10.4 Å². The van der Waals surface area contributed by atoms with Gasteiger partial charge >= 0.3 is 0 Å². The second-order valence-corrected chi connectivity index (χ2v) is 7.58. The molecule has 0 saturated heterocycles. The van der Waals surface area contributed by atoms with E-state index in [1.165, 1.54) is 0 Å². The first-order valence-corrected chi connectivity index (χ1v) is 10.3. The molecule has 0 radical (unpaired) electrons. The minimum atomic E-state index is -0.185. The first kappa shape index (κ1) is 18.1. The average molecular weight is 408 g/mol. The molecular formula is C24H16N4OS. The zero-order valence-electron chi connectivity index (χ0n) is 15.8. The van der Waals surface area contributed by atoms with E-state index in [9.17, 15) is 4.79 Å². The van der Waals surface area contributed by atoms with Crippen molar-refractivity contribution in [2.45, 2.75) is 0 Å². The van der Waals surface area contributed by atoms with Gasteiger partial charge in [0.2, 0.25) is 0 Å². The lowest BCUT2D eigenvalue weighted by Crippen LogP contribution is -2.13. The number of rotatable bonds is 4. The van der Waals surface area contributed by atoms with Crippen molar-refractivity contribution in [1.29, 1.82) is 0 Å². The quantitative estimate of drug-likeness (QED) is 0.416. The van der Waals surface area contributed by atoms with Gasteiger partial charge in [-0.3, -0.25) is 9.78 Å². The number of fused-ring (bicyclic) bond motifs is 1. The summed E-state index contributed by atoms with van der Waals surface area (Å²) in [4.78, 5) is 26.5. The Morgan fingerprint density at radius 2 is 1.80 bits per heavy atom. The van der Waals surface area contributed by atoms with Crippen molar-refractivity contribution in [3.05, 3.63) is 96.3 Å². The molecule has 0 bridgehead atoms. The van der Waals surface area contributed by atoms with Crippen molar-refractivity contribution in [3.63, 3.8) is 0 Å². The average Bonchev–Trinajstić information content (AvgIpc) is 3.34. The van der Waals surface area contributed by atoms with Crippen molar-refractivity contribution in [3.8, 4) is 21.8 Å². The van der Waals surface area contributed by atoms with E-state index >= 15 is 0 Å². The molecule has 0 unspecified atom stereocenters. The minimum Gasteiger partial charge on any atom is -0.322 e. The van der Waals surface area contributed by atoms with Gasteiger partial charge in [-0.1, -0.05) is 30.3 Å². The van der Waals surface area contributed by atoms with Gasteiger partial charge in [0.25, 0.3) is 5.91 Å². The molecule has 0 aliphatic heterocycles. The van der Waals surface area contributed by atoms with Gasteiger partial charge in [-0.2, -0.15) is 0 Å². The predicted octanol–water partition coefficient (Wildman–Crippen LogP) is 5.67. The lowest BCUT2D eigenvalue weighted by molar-refractivity contribution is 0.102. The number of amides is 1. The zero-order valence-corrected chi connectivity index (χ0v) is 16.6. The summed E-state index contributed by atoms with van der Waals surface area (Å²) in [7, 11) is 0. The van der Waals surface area contributed by atoms with Gasteiger partial charge in [0.1, 0.15) is 5.01 Å². The number of para-hydroxylation sites is 1. The van der Waals surface area contributed by atoms with Crippen LogP contribution in [-0.4, -0.2) is 20.9 Å². The fraction of sp³-hybridized carbons (Fsp3) is 0. The first-order chi connectivity index (χ1) is 14.8. The number of anilines is 1. The zero-order chi connectivity index (χ0) is 20.3. The predicted molar refractivity (Wildman–Crippen MR) is 120 cm³/mol. The standard InChI is InChI=1S/C24H16N4OS/c29-23(27-18-7-3-5-16(13-18)24-26-11-12-30-24)20-14-22(17-6-4-10-25-15-17)28-21-9-2-1-8-19(20)21/h1-15H,(H,27,29). The van der Waals surface area contributed by atoms with Crippen LogP contribution in [-0.2, 0) is 0 Å². The molecule has 0 saturated carbocycles. The fourth-order valence-electron chi connectivity index (χ4n) is 3.32. The second kappa shape index (κ2) is 7.85. The van der Waals surface area contributed by atoms with E-state index in [1.54, 1.807) is 29.9 Å². The highest BCUT2D eigenvalue weighted by molar-refractivity contribution is 7.13. The van der Waals surface area contributed by atoms with E-state index in [2.05, 4.69) is 15.3 Å². The number of benzene rings is 2. The summed E-state index contributed by atoms with van der Waals surface area (Å²) in [6.07, 6.45) is 5.23. The van der Waals surface area contributed by atoms with Gasteiger partial charge < -0.3 is 5.32 Å². The lowest BCUT2D eigenvalue weighted by atomic mass is 10.0. The van der Waals surface area contributed by atoms with Crippen LogP contribution >= 0.6 is 11.3 Å². The van der Waals surface area contributed by atoms with Crippen LogP contribution in [0.25, 0.3) is 32.7 Å². The number of nitrogens with one attached hydrogen (secondary N) is 1. The summed E-state index contributed by atoms with van der Waals surface area (Å²) in [6.45, 7) is 0. The van der Waals surface area contributed by atoms with Crippen molar-refractivity contribution >= 4 is 33.8 Å². The SMILES string of the molecule is O=C(Nc1cccc(-c2nccs2)c1)c1cc(-c2cccnc2)nc2ccccc12. The van der Waals surface area contributed by atoms with E-state index in [-0.39, 0.29) is 5.91 Å². The Bertz CT molecular complexity index is 1330. The first-order valence-electron chi connectivity index (χ1n) is 9.39. The van der Waals surface area contributed by atoms with Gasteiger partial charge in [0, 0.05) is 46.2 Å². The van der Waals surface area contributed by atoms with Crippen LogP contribution in [0.5, 0.6) is 0 Å². The molecule has 144 valence electrons. The van der Waals surface area contributed by atoms with Gasteiger partial charge in [-0.25, -0.2) is 9.97 Å². The molecule has 3 aromatic heterocycles. The molecule has 5 aromatic rings. The third-order valence-electron chi connectivity index (χ3n) is 4.72. The number of nitrogens with zero attached hydrogens (tertiary/aromatic N) is 3. The van der Waals surface area contributed by atoms with Gasteiger partial charge in [0.05, 0.1) is 16.8 Å². The summed E-state index contributed by atoms with van der Waals surface area (Å²) in [6, 6.07) is 21.0. The topological polar surface area (TPSA) is 67.8 Å². The van der Waals surface area contributed by atoms with E-state index < -0.39 is 0 Å². The van der Waals surface area contributed by atoms with Crippen molar-refractivity contribution in [2.24, 2.45) is 0 Å². The number of aromatic nitrogens is 3. The number of carbonyl (C=O) groups excluding carboxylic acids is 1. The molecule has 5 rings (SSSR count). The minimum absolute atomic E-state index is 0.185. The van der Waals surface area contributed by atoms with Crippen LogP contribution in [0.15, 0.2) is 90.7 Å². The summed E-state index contributed by atoms with van der Waals surface area (Å²) >= 11 is 1.56. The van der Waals surface area contributed by atoms with Crippen LogP contribution in [0.3, 0.4) is 0 Å². The number of hydrogen-bond acceptors (Lipinski definition) is 5. The van der Waals surface area contributed by atoms with Crippen LogP contribution < -0.4 is 5.32 Å². The molecule has 2 aromatic carbocycles. The third-order valence-corrected chi connectivity index (χ3v) is 5.54. The molecule has 1 amide bonds. The Morgan fingerprint density at radius 1 is 0.900 bits per heavy atom.